The summed E-state index contributed by atoms with van der Waals surface area (Å²) in [5.74, 6) is 0.256. The van der Waals surface area contributed by atoms with Crippen LogP contribution in [0.1, 0.15) is 0 Å². The first-order valence-electron chi connectivity index (χ1n) is 6.55. The summed E-state index contributed by atoms with van der Waals surface area (Å²) in [6.07, 6.45) is 0. The smallest absolute Gasteiger partial charge is 0.207 e. The molecular weight excluding hydrogens is 358 g/mol. The first kappa shape index (κ1) is 14.6. The summed E-state index contributed by atoms with van der Waals surface area (Å²) >= 11 is 13.4. The van der Waals surface area contributed by atoms with Gasteiger partial charge in [0.25, 0.3) is 0 Å². The Morgan fingerprint density at radius 2 is 1.65 bits per heavy atom. The second-order valence-corrected chi connectivity index (χ2v) is 6.53. The summed E-state index contributed by atoms with van der Waals surface area (Å²) in [6.45, 7) is 0. The van der Waals surface area contributed by atoms with Crippen molar-refractivity contribution in [1.29, 1.82) is 0 Å². The third-order valence-electron chi connectivity index (χ3n) is 3.26. The van der Waals surface area contributed by atoms with E-state index in [0.29, 0.717) is 20.8 Å². The van der Waals surface area contributed by atoms with E-state index in [4.69, 9.17) is 23.2 Å². The minimum absolute atomic E-state index is 0.302. The molecule has 0 unspecified atom stereocenters. The minimum atomic E-state index is -0.302. The van der Waals surface area contributed by atoms with Crippen molar-refractivity contribution in [1.82, 2.24) is 19.8 Å². The summed E-state index contributed by atoms with van der Waals surface area (Å²) in [4.78, 5) is 0.644. The molecule has 8 heteroatoms. The molecule has 0 spiro atoms. The number of hydrogen-bond acceptors (Lipinski definition) is 4. The Balaban J connectivity index is 1.82. The van der Waals surface area contributed by atoms with E-state index in [9.17, 15) is 4.39 Å². The van der Waals surface area contributed by atoms with Crippen LogP contribution in [0.2, 0.25) is 10.0 Å². The maximum atomic E-state index is 13.1. The van der Waals surface area contributed by atoms with Gasteiger partial charge >= 0.3 is 0 Å². The Morgan fingerprint density at radius 3 is 2.39 bits per heavy atom. The molecule has 2 aromatic carbocycles. The zero-order valence-corrected chi connectivity index (χ0v) is 13.7. The Labute approximate surface area is 144 Å². The van der Waals surface area contributed by atoms with Gasteiger partial charge in [0.05, 0.1) is 10.0 Å². The molecule has 0 N–H and O–H groups in total. The quantitative estimate of drug-likeness (QED) is 0.504. The van der Waals surface area contributed by atoms with Crippen molar-refractivity contribution in [2.24, 2.45) is 0 Å². The Bertz CT molecular complexity index is 1010. The van der Waals surface area contributed by atoms with Crippen molar-refractivity contribution in [3.05, 3.63) is 58.3 Å². The van der Waals surface area contributed by atoms with Crippen LogP contribution in [0, 0.1) is 5.82 Å². The van der Waals surface area contributed by atoms with Crippen LogP contribution in [-0.2, 0) is 0 Å². The Hall–Kier alpha value is -2.02. The summed E-state index contributed by atoms with van der Waals surface area (Å²) in [7, 11) is 0. The van der Waals surface area contributed by atoms with Crippen LogP contribution in [0.4, 0.5) is 4.39 Å². The molecule has 0 amide bonds. The van der Waals surface area contributed by atoms with Crippen LogP contribution < -0.4 is 0 Å². The molecule has 0 aliphatic heterocycles. The van der Waals surface area contributed by atoms with E-state index in [-0.39, 0.29) is 5.82 Å². The van der Waals surface area contributed by atoms with Crippen LogP contribution >= 0.6 is 34.5 Å². The monoisotopic (exact) mass is 364 g/mol. The van der Waals surface area contributed by atoms with Crippen molar-refractivity contribution in [3.8, 4) is 22.0 Å². The van der Waals surface area contributed by atoms with Crippen molar-refractivity contribution in [2.45, 2.75) is 0 Å². The zero-order valence-electron chi connectivity index (χ0n) is 11.4. The lowest BCUT2D eigenvalue weighted by atomic mass is 10.2. The average molecular weight is 365 g/mol. The molecule has 0 radical (unpaired) electrons. The predicted octanol–water partition coefficient (Wildman–Crippen LogP) is 4.97. The third kappa shape index (κ3) is 2.59. The number of benzene rings is 2. The number of rotatable bonds is 2. The first-order chi connectivity index (χ1) is 11.1. The molecule has 0 fully saturated rings. The number of hydrogen-bond donors (Lipinski definition) is 0. The highest BCUT2D eigenvalue weighted by molar-refractivity contribution is 7.19. The SMILES string of the molecule is Fc1ccc(-c2nnc3sc(-c4ccc(Cl)c(Cl)c4)nn23)cc1. The lowest BCUT2D eigenvalue weighted by Gasteiger charge is -1.99. The van der Waals surface area contributed by atoms with Crippen LogP contribution in [-0.4, -0.2) is 19.8 Å². The van der Waals surface area contributed by atoms with Gasteiger partial charge in [0.2, 0.25) is 4.96 Å². The number of halogens is 3. The van der Waals surface area contributed by atoms with Crippen LogP contribution in [0.15, 0.2) is 42.5 Å². The average Bonchev–Trinajstić information content (AvgIpc) is 3.11. The maximum absolute atomic E-state index is 13.1. The molecule has 0 aliphatic carbocycles. The second kappa shape index (κ2) is 5.56. The fraction of sp³-hybridized carbons (Fsp3) is 0. The minimum Gasteiger partial charge on any atom is -0.207 e. The Kier molecular flexibility index (Phi) is 3.52. The Morgan fingerprint density at radius 1 is 0.913 bits per heavy atom. The zero-order chi connectivity index (χ0) is 16.0. The van der Waals surface area contributed by atoms with E-state index in [1.165, 1.54) is 23.5 Å². The molecule has 0 bridgehead atoms. The fourth-order valence-corrected chi connectivity index (χ4v) is 3.28. The molecule has 4 aromatic rings. The third-order valence-corrected chi connectivity index (χ3v) is 4.95. The van der Waals surface area contributed by atoms with Gasteiger partial charge in [0, 0.05) is 11.1 Å². The van der Waals surface area contributed by atoms with Crippen LogP contribution in [0.5, 0.6) is 0 Å². The van der Waals surface area contributed by atoms with E-state index in [0.717, 1.165) is 16.1 Å². The lowest BCUT2D eigenvalue weighted by Crippen LogP contribution is -1.91. The molecule has 23 heavy (non-hydrogen) atoms. The summed E-state index contributed by atoms with van der Waals surface area (Å²) in [5.41, 5.74) is 1.59. The largest absolute Gasteiger partial charge is 0.235 e. The van der Waals surface area contributed by atoms with E-state index in [2.05, 4.69) is 15.3 Å². The van der Waals surface area contributed by atoms with E-state index in [1.807, 2.05) is 6.07 Å². The van der Waals surface area contributed by atoms with Crippen LogP contribution in [0.3, 0.4) is 0 Å². The molecule has 2 heterocycles. The highest BCUT2D eigenvalue weighted by atomic mass is 35.5. The van der Waals surface area contributed by atoms with Gasteiger partial charge in [-0.1, -0.05) is 40.6 Å². The lowest BCUT2D eigenvalue weighted by molar-refractivity contribution is 0.628. The van der Waals surface area contributed by atoms with Gasteiger partial charge in [0.15, 0.2) is 5.82 Å². The second-order valence-electron chi connectivity index (χ2n) is 4.76. The van der Waals surface area contributed by atoms with Crippen molar-refractivity contribution in [3.63, 3.8) is 0 Å². The summed E-state index contributed by atoms with van der Waals surface area (Å²) < 4.78 is 14.7. The van der Waals surface area contributed by atoms with Crippen LogP contribution in [0.25, 0.3) is 26.9 Å². The molecule has 4 nitrogen and oxygen atoms in total. The topological polar surface area (TPSA) is 43.1 Å². The van der Waals surface area contributed by atoms with E-state index >= 15 is 0 Å². The van der Waals surface area contributed by atoms with Gasteiger partial charge in [-0.15, -0.1) is 10.2 Å². The molecule has 0 saturated carbocycles. The predicted molar refractivity (Wildman–Crippen MR) is 89.5 cm³/mol. The molecule has 114 valence electrons. The highest BCUT2D eigenvalue weighted by Gasteiger charge is 2.15. The van der Waals surface area contributed by atoms with Gasteiger partial charge in [0.1, 0.15) is 10.8 Å². The van der Waals surface area contributed by atoms with Gasteiger partial charge in [-0.2, -0.15) is 9.61 Å². The van der Waals surface area contributed by atoms with Gasteiger partial charge in [-0.05, 0) is 36.4 Å². The maximum Gasteiger partial charge on any atom is 0.235 e. The van der Waals surface area contributed by atoms with Crippen molar-refractivity contribution >= 4 is 39.5 Å². The molecule has 2 aromatic heterocycles. The van der Waals surface area contributed by atoms with Crippen molar-refractivity contribution in [2.75, 3.05) is 0 Å². The van der Waals surface area contributed by atoms with E-state index in [1.54, 1.807) is 28.8 Å². The first-order valence-corrected chi connectivity index (χ1v) is 8.13. The van der Waals surface area contributed by atoms with Gasteiger partial charge in [-0.3, -0.25) is 0 Å². The molecule has 0 aliphatic rings. The highest BCUT2D eigenvalue weighted by Crippen LogP contribution is 2.32. The number of fused-ring (bicyclic) bond motifs is 1. The van der Waals surface area contributed by atoms with Gasteiger partial charge in [-0.25, -0.2) is 4.39 Å². The standard InChI is InChI=1S/C15H7Cl2FN4S/c16-11-6-3-9(7-12(11)17)14-21-22-13(19-20-15(22)23-14)8-1-4-10(18)5-2-8/h1-7H. The van der Waals surface area contributed by atoms with E-state index < -0.39 is 0 Å². The molecule has 0 atom stereocenters. The summed E-state index contributed by atoms with van der Waals surface area (Å²) in [5, 5.41) is 14.5. The number of aromatic nitrogens is 4. The molecule has 0 saturated heterocycles. The fourth-order valence-electron chi connectivity index (χ4n) is 2.14. The van der Waals surface area contributed by atoms with Crippen molar-refractivity contribution < 1.29 is 4.39 Å². The normalized spacial score (nSPS) is 11.3. The summed E-state index contributed by atoms with van der Waals surface area (Å²) in [6, 6.07) is 11.4. The molecule has 4 rings (SSSR count). The molecular formula is C15H7Cl2FN4S. The number of nitrogens with zero attached hydrogens (tertiary/aromatic N) is 4. The van der Waals surface area contributed by atoms with Gasteiger partial charge < -0.3 is 0 Å².